The van der Waals surface area contributed by atoms with Crippen molar-refractivity contribution in [1.82, 2.24) is 5.32 Å². The Hall–Kier alpha value is -5.60. The van der Waals surface area contributed by atoms with E-state index in [4.69, 9.17) is 4.74 Å². The first-order valence-electron chi connectivity index (χ1n) is 14.7. The molecule has 5 aromatic rings. The molecule has 0 fully saturated rings. The SMILES string of the molecule is COc1ccc(/C=C(\NC(=O)c2ccccc2)C(=O)Nc2ccc(SC(C)C(=O)N(c3ccccc3)c3ccccc3)cc2)cc1. The van der Waals surface area contributed by atoms with E-state index in [-0.39, 0.29) is 11.6 Å². The summed E-state index contributed by atoms with van der Waals surface area (Å²) in [4.78, 5) is 42.7. The van der Waals surface area contributed by atoms with E-state index in [0.717, 1.165) is 16.3 Å². The molecule has 5 aromatic carbocycles. The minimum atomic E-state index is -0.481. The first-order valence-corrected chi connectivity index (χ1v) is 15.5. The number of anilines is 3. The normalized spacial score (nSPS) is 11.7. The van der Waals surface area contributed by atoms with Crippen LogP contribution in [0.15, 0.2) is 150 Å². The molecule has 2 N–H and O–H groups in total. The highest BCUT2D eigenvalue weighted by Gasteiger charge is 2.24. The lowest BCUT2D eigenvalue weighted by Gasteiger charge is -2.26. The summed E-state index contributed by atoms with van der Waals surface area (Å²) in [5.41, 5.74) is 3.35. The summed E-state index contributed by atoms with van der Waals surface area (Å²) in [5, 5.41) is 5.23. The Morgan fingerprint density at radius 2 is 1.26 bits per heavy atom. The molecule has 8 heteroatoms. The number of hydrogen-bond acceptors (Lipinski definition) is 5. The van der Waals surface area contributed by atoms with E-state index in [1.165, 1.54) is 11.8 Å². The Morgan fingerprint density at radius 3 is 1.80 bits per heavy atom. The number of nitrogens with one attached hydrogen (secondary N) is 2. The highest BCUT2D eigenvalue weighted by Crippen LogP contribution is 2.31. The van der Waals surface area contributed by atoms with Gasteiger partial charge in [-0.15, -0.1) is 11.8 Å². The van der Waals surface area contributed by atoms with Crippen molar-refractivity contribution in [1.29, 1.82) is 0 Å². The van der Waals surface area contributed by atoms with Crippen molar-refractivity contribution in [2.45, 2.75) is 17.1 Å². The standard InChI is InChI=1S/C38H33N3O4S/c1-27(38(44)41(31-14-8-4-9-15-31)32-16-10-5-11-17-32)46-34-24-20-30(21-25-34)39-37(43)35(26-28-18-22-33(45-2)23-19-28)40-36(42)29-12-6-3-7-13-29/h3-27H,1-2H3,(H,39,43)(H,40,42)/b35-26-. The van der Waals surface area contributed by atoms with Gasteiger partial charge in [-0.25, -0.2) is 0 Å². The molecule has 0 heterocycles. The van der Waals surface area contributed by atoms with Crippen LogP contribution in [0.25, 0.3) is 6.08 Å². The third-order valence-corrected chi connectivity index (χ3v) is 8.08. The zero-order chi connectivity index (χ0) is 32.3. The second-order valence-corrected chi connectivity index (χ2v) is 11.6. The Bertz CT molecular complexity index is 1760. The quantitative estimate of drug-likeness (QED) is 0.115. The van der Waals surface area contributed by atoms with Gasteiger partial charge in [-0.05, 0) is 91.4 Å². The van der Waals surface area contributed by atoms with Gasteiger partial charge >= 0.3 is 0 Å². The van der Waals surface area contributed by atoms with E-state index in [2.05, 4.69) is 10.6 Å². The summed E-state index contributed by atoms with van der Waals surface area (Å²) in [6.45, 7) is 1.88. The molecule has 0 saturated heterocycles. The van der Waals surface area contributed by atoms with Gasteiger partial charge in [0.2, 0.25) is 5.91 Å². The van der Waals surface area contributed by atoms with Gasteiger partial charge < -0.3 is 15.4 Å². The van der Waals surface area contributed by atoms with Crippen LogP contribution in [0, 0.1) is 0 Å². The molecule has 0 aliphatic heterocycles. The van der Waals surface area contributed by atoms with Gasteiger partial charge in [-0.2, -0.15) is 0 Å². The van der Waals surface area contributed by atoms with Crippen LogP contribution in [-0.4, -0.2) is 30.1 Å². The molecule has 0 aromatic heterocycles. The van der Waals surface area contributed by atoms with Crippen LogP contribution in [0.3, 0.4) is 0 Å². The van der Waals surface area contributed by atoms with Gasteiger partial charge in [0.15, 0.2) is 0 Å². The summed E-state index contributed by atoms with van der Waals surface area (Å²) >= 11 is 1.43. The Kier molecular flexibility index (Phi) is 10.7. The predicted molar refractivity (Wildman–Crippen MR) is 185 cm³/mol. The van der Waals surface area contributed by atoms with Crippen LogP contribution < -0.4 is 20.3 Å². The molecule has 0 radical (unpaired) electrons. The summed E-state index contributed by atoms with van der Waals surface area (Å²) in [6, 6.07) is 42.3. The van der Waals surface area contributed by atoms with Gasteiger partial charge in [0.25, 0.3) is 11.8 Å². The second kappa shape index (κ2) is 15.4. The number of methoxy groups -OCH3 is 1. The number of para-hydroxylation sites is 2. The second-order valence-electron chi connectivity index (χ2n) is 10.2. The molecule has 0 saturated carbocycles. The average molecular weight is 628 g/mol. The Morgan fingerprint density at radius 1 is 0.717 bits per heavy atom. The number of benzene rings is 5. The monoisotopic (exact) mass is 627 g/mol. The number of hydrogen-bond donors (Lipinski definition) is 2. The molecular weight excluding hydrogens is 595 g/mol. The van der Waals surface area contributed by atoms with Crippen LogP contribution in [-0.2, 0) is 9.59 Å². The fourth-order valence-electron chi connectivity index (χ4n) is 4.62. The highest BCUT2D eigenvalue weighted by atomic mass is 32.2. The molecular formula is C38H33N3O4S. The van der Waals surface area contributed by atoms with Crippen LogP contribution >= 0.6 is 11.8 Å². The first kappa shape index (κ1) is 31.8. The average Bonchev–Trinajstić information content (AvgIpc) is 3.10. The summed E-state index contributed by atoms with van der Waals surface area (Å²) in [7, 11) is 1.58. The van der Waals surface area contributed by atoms with Gasteiger partial charge in [0.1, 0.15) is 11.4 Å². The maximum atomic E-state index is 13.7. The maximum Gasteiger partial charge on any atom is 0.272 e. The highest BCUT2D eigenvalue weighted by molar-refractivity contribution is 8.00. The summed E-state index contributed by atoms with van der Waals surface area (Å²) < 4.78 is 5.23. The molecule has 1 unspecified atom stereocenters. The van der Waals surface area contributed by atoms with Gasteiger partial charge in [-0.1, -0.05) is 66.7 Å². The molecule has 46 heavy (non-hydrogen) atoms. The van der Waals surface area contributed by atoms with Gasteiger partial charge in [0.05, 0.1) is 12.4 Å². The number of ether oxygens (including phenoxy) is 1. The fourth-order valence-corrected chi connectivity index (χ4v) is 5.53. The third kappa shape index (κ3) is 8.31. The molecule has 0 aliphatic rings. The molecule has 0 aliphatic carbocycles. The van der Waals surface area contributed by atoms with Crippen molar-refractivity contribution in [2.24, 2.45) is 0 Å². The number of thioether (sulfide) groups is 1. The smallest absolute Gasteiger partial charge is 0.272 e. The zero-order valence-corrected chi connectivity index (χ0v) is 26.2. The number of carbonyl (C=O) groups excluding carboxylic acids is 3. The molecule has 0 spiro atoms. The largest absolute Gasteiger partial charge is 0.497 e. The van der Waals surface area contributed by atoms with Crippen LogP contribution in [0.5, 0.6) is 5.75 Å². The van der Waals surface area contributed by atoms with Crippen molar-refractivity contribution in [2.75, 3.05) is 17.3 Å². The number of amides is 3. The molecule has 1 atom stereocenters. The lowest BCUT2D eigenvalue weighted by molar-refractivity contribution is -0.117. The Labute approximate surface area is 272 Å². The van der Waals surface area contributed by atoms with E-state index in [0.29, 0.717) is 22.6 Å². The van der Waals surface area contributed by atoms with Gasteiger partial charge in [0, 0.05) is 27.5 Å². The van der Waals surface area contributed by atoms with E-state index < -0.39 is 17.1 Å². The predicted octanol–water partition coefficient (Wildman–Crippen LogP) is 7.95. The van der Waals surface area contributed by atoms with Crippen molar-refractivity contribution in [3.63, 3.8) is 0 Å². The maximum absolute atomic E-state index is 13.7. The van der Waals surface area contributed by atoms with Crippen molar-refractivity contribution < 1.29 is 19.1 Å². The molecule has 0 bridgehead atoms. The van der Waals surface area contributed by atoms with E-state index in [1.807, 2.05) is 85.8 Å². The van der Waals surface area contributed by atoms with Crippen molar-refractivity contribution >= 4 is 52.6 Å². The Balaban J connectivity index is 1.29. The van der Waals surface area contributed by atoms with Gasteiger partial charge in [-0.3, -0.25) is 19.3 Å². The van der Waals surface area contributed by atoms with Crippen LogP contribution in [0.4, 0.5) is 17.1 Å². The van der Waals surface area contributed by atoms with E-state index >= 15 is 0 Å². The van der Waals surface area contributed by atoms with E-state index in [9.17, 15) is 14.4 Å². The first-order chi connectivity index (χ1) is 22.4. The van der Waals surface area contributed by atoms with Crippen LogP contribution in [0.2, 0.25) is 0 Å². The minimum Gasteiger partial charge on any atom is -0.497 e. The fraction of sp³-hybridized carbons (Fsp3) is 0.0789. The number of rotatable bonds is 11. The minimum absolute atomic E-state index is 0.0535. The third-order valence-electron chi connectivity index (χ3n) is 6.98. The lowest BCUT2D eigenvalue weighted by atomic mass is 10.1. The zero-order valence-electron chi connectivity index (χ0n) is 25.4. The summed E-state index contributed by atoms with van der Waals surface area (Å²) in [5.74, 6) is -0.257. The number of carbonyl (C=O) groups is 3. The molecule has 3 amide bonds. The van der Waals surface area contributed by atoms with Crippen LogP contribution in [0.1, 0.15) is 22.8 Å². The van der Waals surface area contributed by atoms with Crippen molar-refractivity contribution in [3.8, 4) is 5.75 Å². The molecule has 5 rings (SSSR count). The molecule has 230 valence electrons. The summed E-state index contributed by atoms with van der Waals surface area (Å²) in [6.07, 6.45) is 1.61. The topological polar surface area (TPSA) is 87.7 Å². The lowest BCUT2D eigenvalue weighted by Crippen LogP contribution is -2.32. The van der Waals surface area contributed by atoms with Crippen molar-refractivity contribution in [3.05, 3.63) is 156 Å². The van der Waals surface area contributed by atoms with E-state index in [1.54, 1.807) is 78.7 Å². The molecule has 7 nitrogen and oxygen atoms in total. The number of nitrogens with zero attached hydrogens (tertiary/aromatic N) is 1.